The van der Waals surface area contributed by atoms with E-state index in [1.807, 2.05) is 13.8 Å². The lowest BCUT2D eigenvalue weighted by Crippen LogP contribution is -2.68. The van der Waals surface area contributed by atoms with Crippen molar-refractivity contribution >= 4 is 32.4 Å². The van der Waals surface area contributed by atoms with Gasteiger partial charge in [-0.2, -0.15) is 16.8 Å². The van der Waals surface area contributed by atoms with Gasteiger partial charge in [-0.25, -0.2) is 8.37 Å². The fourth-order valence-corrected chi connectivity index (χ4v) is 16.3. The van der Waals surface area contributed by atoms with E-state index in [-0.39, 0.29) is 29.8 Å². The molecule has 86 heavy (non-hydrogen) atoms. The summed E-state index contributed by atoms with van der Waals surface area (Å²) in [6, 6.07) is 0. The molecule has 0 aromatic rings. The topological polar surface area (TPSA) is 465 Å². The molecule has 2 saturated carbocycles. The molecule has 0 aromatic carbocycles. The number of rotatable bonds is 18. The van der Waals surface area contributed by atoms with Gasteiger partial charge in [0.05, 0.1) is 38.6 Å². The van der Waals surface area contributed by atoms with E-state index in [0.29, 0.717) is 38.5 Å². The second-order valence-electron chi connectivity index (χ2n) is 25.6. The number of hydrogen-bond acceptors (Lipinski definition) is 29. The van der Waals surface area contributed by atoms with Crippen molar-refractivity contribution in [1.82, 2.24) is 0 Å². The highest BCUT2D eigenvalue weighted by molar-refractivity contribution is 7.81. The van der Waals surface area contributed by atoms with Crippen LogP contribution in [0.5, 0.6) is 0 Å². The van der Waals surface area contributed by atoms with Crippen LogP contribution in [0.25, 0.3) is 0 Å². The molecule has 4 aliphatic carbocycles. The van der Waals surface area contributed by atoms with Crippen molar-refractivity contribution in [2.45, 2.75) is 241 Å². The van der Waals surface area contributed by atoms with Crippen LogP contribution < -0.4 is 0 Å². The van der Waals surface area contributed by atoms with Crippen molar-refractivity contribution < 1.29 is 147 Å². The summed E-state index contributed by atoms with van der Waals surface area (Å²) in [5.74, 6) is -0.408. The molecule has 0 aromatic heterocycles. The molecule has 33 heteroatoms. The average molecular weight is 1280 g/mol. The number of fused-ring (bicyclic) bond motifs is 4. The molecule has 5 heterocycles. The maximum Gasteiger partial charge on any atom is 0.397 e. The summed E-state index contributed by atoms with van der Waals surface area (Å²) >= 11 is 0. The first-order chi connectivity index (χ1) is 40.0. The number of carbonyl (C=O) groups is 2. The van der Waals surface area contributed by atoms with E-state index in [4.69, 9.17) is 56.3 Å². The van der Waals surface area contributed by atoms with Crippen LogP contribution in [0.4, 0.5) is 0 Å². The third kappa shape index (κ3) is 12.7. The first kappa shape index (κ1) is 68.3. The molecule has 0 amide bonds. The number of aliphatic hydroxyl groups excluding tert-OH is 10. The van der Waals surface area contributed by atoms with Crippen LogP contribution in [0, 0.1) is 33.5 Å². The summed E-state index contributed by atoms with van der Waals surface area (Å²) in [5.41, 5.74) is -0.405. The molecule has 31 nitrogen and oxygen atoms in total. The van der Waals surface area contributed by atoms with Crippen molar-refractivity contribution in [3.05, 3.63) is 11.1 Å². The zero-order valence-corrected chi connectivity index (χ0v) is 50.4. The highest BCUT2D eigenvalue weighted by atomic mass is 32.3. The molecule has 5 aliphatic heterocycles. The number of allylic oxidation sites excluding steroid dienone is 2. The first-order valence-corrected chi connectivity index (χ1v) is 31.5. The summed E-state index contributed by atoms with van der Waals surface area (Å²) in [7, 11) is -9.45. The van der Waals surface area contributed by atoms with Gasteiger partial charge < -0.3 is 103 Å². The largest absolute Gasteiger partial charge is 0.397 e. The SMILES string of the molecule is CO[C@@H]1[C@@H](O)[C@H](O[C@@H]2[C@@H](O)[C@H](O[C@H]3[C@H](O)[C@@H](O[C@@H]4OC[C@@H](O)[C@H](O)[C@H]4O)[C@H](O[C@H]4[C@H](O[C@H]5CC[C@]6(C)C7=C(C(=O)C[C@H]6C5(C)C)[C@]5(C)CC[C@H](C(C)=O)[C@@]5(C)CC7)OC[C@@H](OS(=O)(=O)O)[C@@H]4O)O[C@@H]3C)O[C@H](COS(=O)(=O)O)[C@H]2O)O[C@H](CO)[C@H]1O. The third-order valence-electron chi connectivity index (χ3n) is 20.4. The predicted molar refractivity (Wildman–Crippen MR) is 281 cm³/mol. The van der Waals surface area contributed by atoms with Gasteiger partial charge in [-0.3, -0.25) is 18.7 Å². The van der Waals surface area contributed by atoms with Crippen LogP contribution in [0.2, 0.25) is 0 Å². The fraction of sp³-hybridized carbons (Fsp3) is 0.925. The van der Waals surface area contributed by atoms with Crippen LogP contribution in [-0.2, 0) is 90.9 Å². The lowest BCUT2D eigenvalue weighted by atomic mass is 9.43. The van der Waals surface area contributed by atoms with E-state index in [1.54, 1.807) is 6.92 Å². The highest BCUT2D eigenvalue weighted by Gasteiger charge is 2.67. The molecule has 5 saturated heterocycles. The van der Waals surface area contributed by atoms with Gasteiger partial charge in [0.25, 0.3) is 0 Å². The molecule has 0 radical (unpaired) electrons. The fourth-order valence-electron chi connectivity index (χ4n) is 15.5. The van der Waals surface area contributed by atoms with Gasteiger partial charge in [-0.1, -0.05) is 40.2 Å². The van der Waals surface area contributed by atoms with Crippen LogP contribution in [-0.4, -0.2) is 270 Å². The minimum absolute atomic E-state index is 0.0108. The molecule has 494 valence electrons. The van der Waals surface area contributed by atoms with Crippen LogP contribution in [0.15, 0.2) is 11.1 Å². The van der Waals surface area contributed by atoms with Crippen molar-refractivity contribution in [2.24, 2.45) is 33.5 Å². The predicted octanol–water partition coefficient (Wildman–Crippen LogP) is -3.40. The number of aliphatic hydroxyl groups is 10. The third-order valence-corrected chi connectivity index (χ3v) is 21.3. The van der Waals surface area contributed by atoms with E-state index in [1.165, 1.54) is 6.92 Å². The normalized spacial score (nSPS) is 49.2. The number of methoxy groups -OCH3 is 1. The molecule has 0 bridgehead atoms. The number of ether oxygens (including phenoxy) is 11. The Hall–Kier alpha value is -2.02. The standard InChI is InChI=1S/C53H84O31S2/c1-20(55)22-9-14-53(7)31-23(10-13-52(22,53)6)51(5)12-11-30(50(3,4)29(51)15-24(31)56)79-48-43(35(61)28(18-74-48)84-86(69,70)71)83-49-44(82-45-36(62)32(58)25(57)17-73-45)37(63)40(21(2)76-49)80-47-39(65)42(34(60)27(78-47)19-75-85(66,67)68)81-46-38(64)41(72-8)33(59)26(16-54)77-46/h21-22,25-30,32-49,54,57-65H,9-19H2,1-8H3,(H,66,67,68)(H,69,70,71)/t21-,22-,25-,26-,27-,28-,29+,30+,32+,33-,34-,35+,36-,37+,38-,39-,40-,41+,42+,43-,44-,45+,46+,47+,48+,49+,51-,52-,53+/m1/s1. The van der Waals surface area contributed by atoms with Crippen LogP contribution in [0.3, 0.4) is 0 Å². The van der Waals surface area contributed by atoms with Crippen molar-refractivity contribution in [3.8, 4) is 0 Å². The first-order valence-electron chi connectivity index (χ1n) is 28.8. The lowest BCUT2D eigenvalue weighted by molar-refractivity contribution is -0.403. The van der Waals surface area contributed by atoms with Gasteiger partial charge in [-0.05, 0) is 74.5 Å². The number of hydrogen-bond donors (Lipinski definition) is 12. The molecule has 7 fully saturated rings. The molecule has 29 atom stereocenters. The van der Waals surface area contributed by atoms with E-state index < -0.39 is 216 Å². The van der Waals surface area contributed by atoms with Gasteiger partial charge in [0, 0.05) is 30.4 Å². The van der Waals surface area contributed by atoms with E-state index >= 15 is 0 Å². The zero-order chi connectivity index (χ0) is 63.3. The Morgan fingerprint density at radius 2 is 1.22 bits per heavy atom. The molecular weight excluding hydrogens is 1200 g/mol. The second kappa shape index (κ2) is 25.5. The summed E-state index contributed by atoms with van der Waals surface area (Å²) in [6.07, 6.45) is -40.7. The second-order valence-corrected chi connectivity index (χ2v) is 27.8. The van der Waals surface area contributed by atoms with Crippen LogP contribution >= 0.6 is 0 Å². The van der Waals surface area contributed by atoms with Crippen molar-refractivity contribution in [2.75, 3.05) is 33.5 Å². The average Bonchev–Trinajstić information content (AvgIpc) is 1.26. The monoisotopic (exact) mass is 1280 g/mol. The van der Waals surface area contributed by atoms with E-state index in [9.17, 15) is 86.6 Å². The van der Waals surface area contributed by atoms with Gasteiger partial charge in [0.15, 0.2) is 37.2 Å². The summed E-state index contributed by atoms with van der Waals surface area (Å²) in [6.45, 7) is 9.77. The van der Waals surface area contributed by atoms with E-state index in [2.05, 4.69) is 25.0 Å². The molecular formula is C53H84O31S2. The minimum atomic E-state index is -5.31. The van der Waals surface area contributed by atoms with Crippen molar-refractivity contribution in [3.63, 3.8) is 0 Å². The number of Topliss-reactive ketones (excluding diaryl/α,β-unsaturated/α-hetero) is 2. The molecule has 9 aliphatic rings. The number of carbonyl (C=O) groups excluding carboxylic acids is 2. The maximum atomic E-state index is 14.8. The van der Waals surface area contributed by atoms with Gasteiger partial charge in [-0.15, -0.1) is 0 Å². The maximum absolute atomic E-state index is 14.8. The molecule has 9 rings (SSSR count). The smallest absolute Gasteiger partial charge is 0.394 e. The molecule has 0 spiro atoms. The summed E-state index contributed by atoms with van der Waals surface area (Å²) in [4.78, 5) is 27.7. The Kier molecular flexibility index (Phi) is 20.2. The summed E-state index contributed by atoms with van der Waals surface area (Å²) < 4.78 is 142. The van der Waals surface area contributed by atoms with Crippen LogP contribution in [0.1, 0.15) is 93.4 Å². The number of ketones is 2. The Morgan fingerprint density at radius 3 is 1.85 bits per heavy atom. The zero-order valence-electron chi connectivity index (χ0n) is 48.7. The Balaban J connectivity index is 1.00. The quantitative estimate of drug-likeness (QED) is 0.0595. The van der Waals surface area contributed by atoms with Gasteiger partial charge in [0.2, 0.25) is 0 Å². The van der Waals surface area contributed by atoms with Gasteiger partial charge >= 0.3 is 20.8 Å². The molecule has 0 unspecified atom stereocenters. The molecule has 12 N–H and O–H groups in total. The minimum Gasteiger partial charge on any atom is -0.394 e. The van der Waals surface area contributed by atoms with E-state index in [0.717, 1.165) is 18.3 Å². The van der Waals surface area contributed by atoms with Crippen molar-refractivity contribution in [1.29, 1.82) is 0 Å². The van der Waals surface area contributed by atoms with Gasteiger partial charge in [0.1, 0.15) is 110 Å². The Labute approximate surface area is 496 Å². The Morgan fingerprint density at radius 1 is 0.628 bits per heavy atom. The lowest BCUT2D eigenvalue weighted by Gasteiger charge is -2.61. The summed E-state index contributed by atoms with van der Waals surface area (Å²) in [5, 5.41) is 112. The highest BCUT2D eigenvalue weighted by Crippen LogP contribution is 2.71. The Bertz CT molecular complexity index is 2700.